The third kappa shape index (κ3) is 3.13. The number of aryl methyl sites for hydroxylation is 2. The number of carbonyl (C=O) groups excluding carboxylic acids is 1. The zero-order valence-electron chi connectivity index (χ0n) is 11.3. The van der Waals surface area contributed by atoms with Crippen LogP contribution in [0.1, 0.15) is 28.5 Å². The van der Waals surface area contributed by atoms with E-state index >= 15 is 0 Å². The van der Waals surface area contributed by atoms with Crippen LogP contribution in [0.4, 0.5) is 11.6 Å². The van der Waals surface area contributed by atoms with Crippen LogP contribution in [0.25, 0.3) is 0 Å². The van der Waals surface area contributed by atoms with Crippen molar-refractivity contribution >= 4 is 17.5 Å². The van der Waals surface area contributed by atoms with E-state index in [1.807, 2.05) is 26.0 Å². The lowest BCUT2D eigenvalue weighted by Gasteiger charge is -2.08. The second kappa shape index (κ2) is 5.56. The van der Waals surface area contributed by atoms with Gasteiger partial charge in [0.1, 0.15) is 0 Å². The lowest BCUT2D eigenvalue weighted by molar-refractivity contribution is 0.102. The zero-order valence-corrected chi connectivity index (χ0v) is 11.3. The molecule has 0 aliphatic rings. The van der Waals surface area contributed by atoms with E-state index in [1.54, 1.807) is 19.1 Å². The van der Waals surface area contributed by atoms with Crippen molar-refractivity contribution < 1.29 is 9.32 Å². The maximum Gasteiger partial charge on any atom is 0.258 e. The molecule has 0 aliphatic carbocycles. The number of amides is 1. The quantitative estimate of drug-likeness (QED) is 0.885. The minimum atomic E-state index is -0.198. The molecule has 0 spiro atoms. The third-order valence-electron chi connectivity index (χ3n) is 2.72. The van der Waals surface area contributed by atoms with Gasteiger partial charge >= 0.3 is 0 Å². The Labute approximate surface area is 112 Å². The Balaban J connectivity index is 2.15. The van der Waals surface area contributed by atoms with E-state index in [2.05, 4.69) is 15.8 Å². The molecule has 2 aromatic rings. The minimum absolute atomic E-state index is 0.198. The zero-order chi connectivity index (χ0) is 13.8. The Kier molecular flexibility index (Phi) is 3.85. The predicted molar refractivity (Wildman–Crippen MR) is 74.5 cm³/mol. The smallest absolute Gasteiger partial charge is 0.258 e. The standard InChI is InChI=1S/C14H17N3O2/c1-4-15-11-5-6-12(9(2)7-11)14(18)16-13-8-10(3)17-19-13/h5-8,15H,4H2,1-3H3,(H,16,18). The lowest BCUT2D eigenvalue weighted by atomic mass is 10.1. The van der Waals surface area contributed by atoms with Gasteiger partial charge in [-0.3, -0.25) is 10.1 Å². The molecule has 1 aromatic heterocycles. The molecule has 0 bridgehead atoms. The summed E-state index contributed by atoms with van der Waals surface area (Å²) in [6.07, 6.45) is 0. The average Bonchev–Trinajstić information content (AvgIpc) is 2.75. The van der Waals surface area contributed by atoms with E-state index in [9.17, 15) is 4.79 Å². The number of nitrogens with one attached hydrogen (secondary N) is 2. The highest BCUT2D eigenvalue weighted by Crippen LogP contribution is 2.17. The summed E-state index contributed by atoms with van der Waals surface area (Å²) in [7, 11) is 0. The summed E-state index contributed by atoms with van der Waals surface area (Å²) in [5.41, 5.74) is 3.27. The van der Waals surface area contributed by atoms with Crippen molar-refractivity contribution in [3.8, 4) is 0 Å². The van der Waals surface area contributed by atoms with Crippen LogP contribution in [-0.2, 0) is 0 Å². The summed E-state index contributed by atoms with van der Waals surface area (Å²) in [6, 6.07) is 7.31. The van der Waals surface area contributed by atoms with Crippen LogP contribution in [0, 0.1) is 13.8 Å². The van der Waals surface area contributed by atoms with Gasteiger partial charge < -0.3 is 9.84 Å². The summed E-state index contributed by atoms with van der Waals surface area (Å²) < 4.78 is 4.96. The van der Waals surface area contributed by atoms with Gasteiger partial charge in [0.2, 0.25) is 5.88 Å². The van der Waals surface area contributed by atoms with E-state index in [0.29, 0.717) is 11.4 Å². The van der Waals surface area contributed by atoms with Crippen molar-refractivity contribution in [1.82, 2.24) is 5.16 Å². The second-order valence-corrected chi connectivity index (χ2v) is 4.35. The van der Waals surface area contributed by atoms with E-state index in [4.69, 9.17) is 4.52 Å². The van der Waals surface area contributed by atoms with Gasteiger partial charge in [0.15, 0.2) is 0 Å². The van der Waals surface area contributed by atoms with Crippen LogP contribution in [0.15, 0.2) is 28.8 Å². The van der Waals surface area contributed by atoms with E-state index in [1.165, 1.54) is 0 Å². The van der Waals surface area contributed by atoms with Crippen LogP contribution >= 0.6 is 0 Å². The van der Waals surface area contributed by atoms with Gasteiger partial charge in [-0.1, -0.05) is 5.16 Å². The van der Waals surface area contributed by atoms with Gasteiger partial charge in [-0.2, -0.15) is 0 Å². The third-order valence-corrected chi connectivity index (χ3v) is 2.72. The second-order valence-electron chi connectivity index (χ2n) is 4.35. The summed E-state index contributed by atoms with van der Waals surface area (Å²) >= 11 is 0. The molecule has 0 radical (unpaired) electrons. The maximum atomic E-state index is 12.1. The van der Waals surface area contributed by atoms with Gasteiger partial charge in [0.25, 0.3) is 5.91 Å². The fourth-order valence-corrected chi connectivity index (χ4v) is 1.83. The molecular formula is C14H17N3O2. The minimum Gasteiger partial charge on any atom is -0.385 e. The molecule has 1 heterocycles. The predicted octanol–water partition coefficient (Wildman–Crippen LogP) is 2.98. The van der Waals surface area contributed by atoms with Crippen LogP contribution in [-0.4, -0.2) is 17.6 Å². The Hall–Kier alpha value is -2.30. The van der Waals surface area contributed by atoms with Crippen molar-refractivity contribution in [3.05, 3.63) is 41.1 Å². The van der Waals surface area contributed by atoms with Crippen molar-refractivity contribution in [1.29, 1.82) is 0 Å². The number of carbonyl (C=O) groups is 1. The van der Waals surface area contributed by atoms with Crippen LogP contribution < -0.4 is 10.6 Å². The number of benzene rings is 1. The highest BCUT2D eigenvalue weighted by Gasteiger charge is 2.11. The Bertz CT molecular complexity index is 590. The Morgan fingerprint density at radius 1 is 1.32 bits per heavy atom. The largest absolute Gasteiger partial charge is 0.385 e. The fraction of sp³-hybridized carbons (Fsp3) is 0.286. The summed E-state index contributed by atoms with van der Waals surface area (Å²) in [6.45, 7) is 6.58. The molecule has 0 saturated carbocycles. The summed E-state index contributed by atoms with van der Waals surface area (Å²) in [4.78, 5) is 12.1. The monoisotopic (exact) mass is 259 g/mol. The van der Waals surface area contributed by atoms with E-state index in [-0.39, 0.29) is 5.91 Å². The summed E-state index contributed by atoms with van der Waals surface area (Å²) in [5, 5.41) is 9.61. The molecule has 5 nitrogen and oxygen atoms in total. The van der Waals surface area contributed by atoms with Crippen molar-refractivity contribution in [2.75, 3.05) is 17.2 Å². The van der Waals surface area contributed by atoms with E-state index < -0.39 is 0 Å². The number of rotatable bonds is 4. The molecule has 1 aromatic carbocycles. The van der Waals surface area contributed by atoms with Gasteiger partial charge in [-0.05, 0) is 44.5 Å². The van der Waals surface area contributed by atoms with Gasteiger partial charge in [-0.25, -0.2) is 0 Å². The van der Waals surface area contributed by atoms with Crippen molar-refractivity contribution in [2.45, 2.75) is 20.8 Å². The van der Waals surface area contributed by atoms with Crippen LogP contribution in [0.2, 0.25) is 0 Å². The topological polar surface area (TPSA) is 67.2 Å². The molecule has 1 amide bonds. The Morgan fingerprint density at radius 3 is 2.68 bits per heavy atom. The normalized spacial score (nSPS) is 10.3. The first-order chi connectivity index (χ1) is 9.10. The lowest BCUT2D eigenvalue weighted by Crippen LogP contribution is -2.13. The molecule has 2 rings (SSSR count). The fourth-order valence-electron chi connectivity index (χ4n) is 1.83. The number of nitrogens with zero attached hydrogens (tertiary/aromatic N) is 1. The molecule has 100 valence electrons. The number of anilines is 2. The molecule has 19 heavy (non-hydrogen) atoms. The number of hydrogen-bond acceptors (Lipinski definition) is 4. The number of aromatic nitrogens is 1. The maximum absolute atomic E-state index is 12.1. The van der Waals surface area contributed by atoms with Crippen molar-refractivity contribution in [2.24, 2.45) is 0 Å². The number of hydrogen-bond donors (Lipinski definition) is 2. The SMILES string of the molecule is CCNc1ccc(C(=O)Nc2cc(C)no2)c(C)c1. The average molecular weight is 259 g/mol. The first kappa shape index (κ1) is 13.1. The molecular weight excluding hydrogens is 242 g/mol. The molecule has 0 aliphatic heterocycles. The van der Waals surface area contributed by atoms with Gasteiger partial charge in [0, 0.05) is 23.9 Å². The first-order valence-corrected chi connectivity index (χ1v) is 6.19. The molecule has 0 atom stereocenters. The molecule has 0 unspecified atom stereocenters. The van der Waals surface area contributed by atoms with Crippen molar-refractivity contribution in [3.63, 3.8) is 0 Å². The highest BCUT2D eigenvalue weighted by molar-refractivity contribution is 6.04. The van der Waals surface area contributed by atoms with E-state index in [0.717, 1.165) is 23.5 Å². The molecule has 0 fully saturated rings. The van der Waals surface area contributed by atoms with Crippen LogP contribution in [0.3, 0.4) is 0 Å². The van der Waals surface area contributed by atoms with Gasteiger partial charge in [0.05, 0.1) is 5.69 Å². The summed E-state index contributed by atoms with van der Waals surface area (Å²) in [5.74, 6) is 0.161. The molecule has 2 N–H and O–H groups in total. The molecule has 5 heteroatoms. The highest BCUT2D eigenvalue weighted by atomic mass is 16.5. The van der Waals surface area contributed by atoms with Crippen LogP contribution in [0.5, 0.6) is 0 Å². The Morgan fingerprint density at radius 2 is 2.11 bits per heavy atom. The first-order valence-electron chi connectivity index (χ1n) is 6.19. The van der Waals surface area contributed by atoms with Gasteiger partial charge in [-0.15, -0.1) is 0 Å². The molecule has 0 saturated heterocycles.